The number of halogens is 1. The fourth-order valence-electron chi connectivity index (χ4n) is 3.04. The number of nitrogens with two attached hydrogens (primary N) is 1. The minimum atomic E-state index is 0. The number of aromatic nitrogens is 2. The number of ether oxygens (including phenoxy) is 1. The highest BCUT2D eigenvalue weighted by molar-refractivity contribution is 7.20. The Morgan fingerprint density at radius 2 is 2.00 bits per heavy atom. The van der Waals surface area contributed by atoms with Gasteiger partial charge in [-0.25, -0.2) is 4.98 Å². The zero-order chi connectivity index (χ0) is 17.8. The third kappa shape index (κ3) is 5.62. The van der Waals surface area contributed by atoms with E-state index in [1.807, 2.05) is 24.4 Å². The Hall–Kier alpha value is -1.73. The summed E-state index contributed by atoms with van der Waals surface area (Å²) in [5.74, 6) is 1.71. The van der Waals surface area contributed by atoms with Gasteiger partial charge in [-0.2, -0.15) is 0 Å². The zero-order valence-electron chi connectivity index (χ0n) is 15.2. The topological polar surface area (TPSA) is 64.3 Å². The van der Waals surface area contributed by atoms with Crippen LogP contribution in [0.25, 0.3) is 10.2 Å². The lowest BCUT2D eigenvalue weighted by Gasteiger charge is -2.22. The molecule has 4 rings (SSSR count). The summed E-state index contributed by atoms with van der Waals surface area (Å²) in [6.07, 6.45) is 7.38. The normalized spacial score (nSPS) is 13.7. The lowest BCUT2D eigenvalue weighted by atomic mass is 10.2. The van der Waals surface area contributed by atoms with E-state index in [1.165, 1.54) is 36.3 Å². The lowest BCUT2D eigenvalue weighted by molar-refractivity contribution is 0.253. The summed E-state index contributed by atoms with van der Waals surface area (Å²) in [7, 11) is 0. The van der Waals surface area contributed by atoms with Crippen LogP contribution in [0.4, 0.5) is 0 Å². The fourth-order valence-corrected chi connectivity index (χ4v) is 3.84. The summed E-state index contributed by atoms with van der Waals surface area (Å²) in [6.45, 7) is 4.00. The molecular formula is C20H25ClN4OS. The van der Waals surface area contributed by atoms with E-state index in [2.05, 4.69) is 27.0 Å². The minimum absolute atomic E-state index is 0. The summed E-state index contributed by atoms with van der Waals surface area (Å²) in [6, 6.07) is 10.2. The second-order valence-electron chi connectivity index (χ2n) is 6.89. The van der Waals surface area contributed by atoms with Gasteiger partial charge in [0.25, 0.3) is 5.19 Å². The third-order valence-electron chi connectivity index (χ3n) is 4.60. The first-order valence-corrected chi connectivity index (χ1v) is 10.0. The number of hydrogen-bond acceptors (Lipinski definition) is 6. The molecule has 2 heterocycles. The predicted molar refractivity (Wildman–Crippen MR) is 113 cm³/mol. The van der Waals surface area contributed by atoms with Gasteiger partial charge in [0.05, 0.1) is 10.2 Å². The minimum Gasteiger partial charge on any atom is -0.431 e. The van der Waals surface area contributed by atoms with E-state index in [0.29, 0.717) is 5.19 Å². The lowest BCUT2D eigenvalue weighted by Crippen LogP contribution is -2.28. The monoisotopic (exact) mass is 404 g/mol. The van der Waals surface area contributed by atoms with E-state index < -0.39 is 0 Å². The Morgan fingerprint density at radius 1 is 1.19 bits per heavy atom. The highest BCUT2D eigenvalue weighted by Gasteiger charge is 2.24. The summed E-state index contributed by atoms with van der Waals surface area (Å²) >= 11 is 1.51. The van der Waals surface area contributed by atoms with Gasteiger partial charge in [-0.3, -0.25) is 9.88 Å². The van der Waals surface area contributed by atoms with Crippen molar-refractivity contribution in [2.45, 2.75) is 25.8 Å². The van der Waals surface area contributed by atoms with Gasteiger partial charge in [-0.05, 0) is 62.0 Å². The maximum absolute atomic E-state index is 5.91. The second-order valence-corrected chi connectivity index (χ2v) is 7.88. The number of pyridine rings is 1. The van der Waals surface area contributed by atoms with Gasteiger partial charge in [0.15, 0.2) is 0 Å². The summed E-state index contributed by atoms with van der Waals surface area (Å²) < 4.78 is 6.95. The zero-order valence-corrected chi connectivity index (χ0v) is 16.8. The summed E-state index contributed by atoms with van der Waals surface area (Å²) in [4.78, 5) is 11.1. The first-order chi connectivity index (χ1) is 12.8. The predicted octanol–water partition coefficient (Wildman–Crippen LogP) is 4.47. The van der Waals surface area contributed by atoms with E-state index in [4.69, 9.17) is 10.5 Å². The van der Waals surface area contributed by atoms with Crippen LogP contribution in [-0.4, -0.2) is 34.5 Å². The summed E-state index contributed by atoms with van der Waals surface area (Å²) in [5, 5.41) is 0.652. The quantitative estimate of drug-likeness (QED) is 0.570. The molecule has 0 amide bonds. The van der Waals surface area contributed by atoms with Gasteiger partial charge < -0.3 is 10.5 Å². The molecule has 3 aromatic rings. The molecule has 0 unspecified atom stereocenters. The highest BCUT2D eigenvalue weighted by atomic mass is 35.5. The van der Waals surface area contributed by atoms with Crippen molar-refractivity contribution >= 4 is 34.0 Å². The Balaban J connectivity index is 0.00000210. The number of rotatable bonds is 9. The van der Waals surface area contributed by atoms with Gasteiger partial charge in [0.1, 0.15) is 5.75 Å². The van der Waals surface area contributed by atoms with Crippen LogP contribution in [0.1, 0.15) is 24.8 Å². The van der Waals surface area contributed by atoms with E-state index >= 15 is 0 Å². The molecular weight excluding hydrogens is 380 g/mol. The van der Waals surface area contributed by atoms with Gasteiger partial charge in [0.2, 0.25) is 0 Å². The van der Waals surface area contributed by atoms with E-state index in [1.54, 1.807) is 6.20 Å². The Labute approximate surface area is 170 Å². The van der Waals surface area contributed by atoms with E-state index in [0.717, 1.165) is 47.9 Å². The van der Waals surface area contributed by atoms with Crippen LogP contribution in [0.3, 0.4) is 0 Å². The average molecular weight is 405 g/mol. The first kappa shape index (κ1) is 20.0. The molecule has 0 bridgehead atoms. The second kappa shape index (κ2) is 9.46. The fraction of sp³-hybridized carbons (Fsp3) is 0.400. The number of benzene rings is 1. The molecule has 1 saturated carbocycles. The Morgan fingerprint density at radius 3 is 2.70 bits per heavy atom. The van der Waals surface area contributed by atoms with Crippen molar-refractivity contribution in [2.75, 3.05) is 19.6 Å². The molecule has 1 fully saturated rings. The van der Waals surface area contributed by atoms with Crippen LogP contribution in [0.2, 0.25) is 0 Å². The molecule has 1 aliphatic rings. The molecule has 144 valence electrons. The molecule has 7 heteroatoms. The highest BCUT2D eigenvalue weighted by Crippen LogP contribution is 2.32. The molecule has 2 N–H and O–H groups in total. The molecule has 27 heavy (non-hydrogen) atoms. The number of nitrogens with zero attached hydrogens (tertiary/aromatic N) is 3. The standard InChI is InChI=1S/C20H24N4OS.ClH/c21-9-1-11-24(13-15-2-3-15)14-16-4-6-17(7-5-16)25-20-23-18-8-10-22-12-19(18)26-20;/h4-8,10,12,15H,1-3,9,11,13-14,21H2;1H. The maximum atomic E-state index is 5.91. The van der Waals surface area contributed by atoms with Crippen LogP contribution in [-0.2, 0) is 6.54 Å². The van der Waals surface area contributed by atoms with Gasteiger partial charge >= 0.3 is 0 Å². The molecule has 0 saturated heterocycles. The van der Waals surface area contributed by atoms with Crippen molar-refractivity contribution < 1.29 is 4.74 Å². The maximum Gasteiger partial charge on any atom is 0.279 e. The van der Waals surface area contributed by atoms with E-state index in [-0.39, 0.29) is 12.4 Å². The molecule has 5 nitrogen and oxygen atoms in total. The van der Waals surface area contributed by atoms with Crippen molar-refractivity contribution in [2.24, 2.45) is 11.7 Å². The van der Waals surface area contributed by atoms with Crippen LogP contribution in [0.5, 0.6) is 10.9 Å². The van der Waals surface area contributed by atoms with Crippen LogP contribution in [0.15, 0.2) is 42.7 Å². The third-order valence-corrected chi connectivity index (χ3v) is 5.48. The molecule has 1 aromatic carbocycles. The Kier molecular flexibility index (Phi) is 7.01. The number of thiazole rings is 1. The molecule has 0 spiro atoms. The number of hydrogen-bond donors (Lipinski definition) is 1. The Bertz CT molecular complexity index is 818. The molecule has 2 aromatic heterocycles. The van der Waals surface area contributed by atoms with Crippen LogP contribution in [0, 0.1) is 5.92 Å². The summed E-state index contributed by atoms with van der Waals surface area (Å²) in [5.41, 5.74) is 7.92. The van der Waals surface area contributed by atoms with Crippen molar-refractivity contribution in [1.82, 2.24) is 14.9 Å². The van der Waals surface area contributed by atoms with Crippen molar-refractivity contribution in [3.8, 4) is 10.9 Å². The molecule has 0 atom stereocenters. The van der Waals surface area contributed by atoms with E-state index in [9.17, 15) is 0 Å². The molecule has 0 radical (unpaired) electrons. The van der Waals surface area contributed by atoms with Gasteiger partial charge in [0, 0.05) is 25.5 Å². The van der Waals surface area contributed by atoms with Crippen LogP contribution >= 0.6 is 23.7 Å². The van der Waals surface area contributed by atoms with Crippen LogP contribution < -0.4 is 10.5 Å². The smallest absolute Gasteiger partial charge is 0.279 e. The van der Waals surface area contributed by atoms with Crippen molar-refractivity contribution in [3.63, 3.8) is 0 Å². The van der Waals surface area contributed by atoms with Gasteiger partial charge in [-0.1, -0.05) is 23.5 Å². The first-order valence-electron chi connectivity index (χ1n) is 9.20. The molecule has 1 aliphatic carbocycles. The average Bonchev–Trinajstić information content (AvgIpc) is 3.38. The van der Waals surface area contributed by atoms with Gasteiger partial charge in [-0.15, -0.1) is 12.4 Å². The van der Waals surface area contributed by atoms with Crippen molar-refractivity contribution in [1.29, 1.82) is 0 Å². The SMILES string of the molecule is Cl.NCCCN(Cc1ccc(Oc2nc3ccncc3s2)cc1)CC1CC1. The largest absolute Gasteiger partial charge is 0.431 e. The number of fused-ring (bicyclic) bond motifs is 1. The molecule has 0 aliphatic heterocycles. The van der Waals surface area contributed by atoms with Crippen molar-refractivity contribution in [3.05, 3.63) is 48.3 Å².